The molecule has 3 rings (SSSR count). The zero-order valence-electron chi connectivity index (χ0n) is 10.9. The van der Waals surface area contributed by atoms with Crippen LogP contribution in [0, 0.1) is 6.92 Å². The number of para-hydroxylation sites is 1. The number of hydrogen-bond donors (Lipinski definition) is 1. The first-order valence-electron chi connectivity index (χ1n) is 6.18. The van der Waals surface area contributed by atoms with Crippen LogP contribution in [-0.2, 0) is 6.54 Å². The molecule has 1 aromatic carbocycles. The van der Waals surface area contributed by atoms with Gasteiger partial charge in [0.1, 0.15) is 5.69 Å². The zero-order valence-corrected chi connectivity index (χ0v) is 10.9. The summed E-state index contributed by atoms with van der Waals surface area (Å²) < 4.78 is 10.7. The molecule has 0 fully saturated rings. The second kappa shape index (κ2) is 5.16. The van der Waals surface area contributed by atoms with Gasteiger partial charge in [0.2, 0.25) is 6.79 Å². The monoisotopic (exact) mass is 271 g/mol. The third-order valence-electron chi connectivity index (χ3n) is 2.93. The van der Waals surface area contributed by atoms with Gasteiger partial charge in [0.25, 0.3) is 5.91 Å². The number of amides is 1. The van der Waals surface area contributed by atoms with Crippen molar-refractivity contribution < 1.29 is 14.3 Å². The van der Waals surface area contributed by atoms with E-state index in [1.165, 1.54) is 6.20 Å². The van der Waals surface area contributed by atoms with Gasteiger partial charge in [0.15, 0.2) is 11.5 Å². The molecule has 1 amide bonds. The lowest BCUT2D eigenvalue weighted by molar-refractivity contribution is 0.0945. The fourth-order valence-corrected chi connectivity index (χ4v) is 1.91. The highest BCUT2D eigenvalue weighted by Crippen LogP contribution is 2.35. The Bertz CT molecular complexity index is 641. The molecule has 0 saturated heterocycles. The molecule has 102 valence electrons. The Morgan fingerprint density at radius 1 is 1.30 bits per heavy atom. The standard InChI is InChI=1S/C14H13N3O3/c1-9-5-16-11(7-15-9)14(18)17-6-10-3-2-4-12-13(10)20-8-19-12/h2-5,7H,6,8H2,1H3,(H,17,18). The number of aromatic nitrogens is 2. The largest absolute Gasteiger partial charge is 0.454 e. The lowest BCUT2D eigenvalue weighted by Gasteiger charge is -2.07. The number of nitrogens with one attached hydrogen (secondary N) is 1. The molecule has 2 aromatic rings. The van der Waals surface area contributed by atoms with Crippen molar-refractivity contribution in [3.63, 3.8) is 0 Å². The third kappa shape index (κ3) is 2.40. The van der Waals surface area contributed by atoms with Gasteiger partial charge < -0.3 is 14.8 Å². The first kappa shape index (κ1) is 12.4. The number of carbonyl (C=O) groups is 1. The topological polar surface area (TPSA) is 73.3 Å². The van der Waals surface area contributed by atoms with E-state index in [0.717, 1.165) is 11.3 Å². The SMILES string of the molecule is Cc1cnc(C(=O)NCc2cccc3c2OCO3)cn1. The summed E-state index contributed by atoms with van der Waals surface area (Å²) in [5, 5.41) is 2.79. The highest BCUT2D eigenvalue weighted by Gasteiger charge is 2.17. The number of ether oxygens (including phenoxy) is 2. The summed E-state index contributed by atoms with van der Waals surface area (Å²) in [6.07, 6.45) is 3.02. The van der Waals surface area contributed by atoms with Gasteiger partial charge in [-0.15, -0.1) is 0 Å². The molecule has 0 aliphatic carbocycles. The second-order valence-corrected chi connectivity index (χ2v) is 4.38. The van der Waals surface area contributed by atoms with Crippen LogP contribution in [-0.4, -0.2) is 22.7 Å². The van der Waals surface area contributed by atoms with Gasteiger partial charge in [-0.1, -0.05) is 12.1 Å². The lowest BCUT2D eigenvalue weighted by Crippen LogP contribution is -2.24. The molecule has 0 radical (unpaired) electrons. The number of nitrogens with zero attached hydrogens (tertiary/aromatic N) is 2. The van der Waals surface area contributed by atoms with E-state index in [1.807, 2.05) is 25.1 Å². The van der Waals surface area contributed by atoms with Crippen LogP contribution in [0.4, 0.5) is 0 Å². The number of rotatable bonds is 3. The molecule has 1 aliphatic heterocycles. The second-order valence-electron chi connectivity index (χ2n) is 4.38. The Morgan fingerprint density at radius 3 is 3.00 bits per heavy atom. The molecule has 0 atom stereocenters. The minimum Gasteiger partial charge on any atom is -0.454 e. The molecule has 1 N–H and O–H groups in total. The van der Waals surface area contributed by atoms with Crippen molar-refractivity contribution in [2.24, 2.45) is 0 Å². The molecule has 6 nitrogen and oxygen atoms in total. The summed E-state index contributed by atoms with van der Waals surface area (Å²) in [4.78, 5) is 20.0. The van der Waals surface area contributed by atoms with Crippen LogP contribution in [0.3, 0.4) is 0 Å². The highest BCUT2D eigenvalue weighted by atomic mass is 16.7. The van der Waals surface area contributed by atoms with Gasteiger partial charge in [-0.3, -0.25) is 9.78 Å². The molecular weight excluding hydrogens is 258 g/mol. The third-order valence-corrected chi connectivity index (χ3v) is 2.93. The number of aryl methyl sites for hydroxylation is 1. The molecule has 0 saturated carbocycles. The Balaban J connectivity index is 1.69. The van der Waals surface area contributed by atoms with E-state index in [9.17, 15) is 4.79 Å². The minimum absolute atomic E-state index is 0.212. The van der Waals surface area contributed by atoms with E-state index in [2.05, 4.69) is 15.3 Å². The average Bonchev–Trinajstić information content (AvgIpc) is 2.94. The van der Waals surface area contributed by atoms with E-state index in [4.69, 9.17) is 9.47 Å². The molecule has 1 aromatic heterocycles. The van der Waals surface area contributed by atoms with Crippen molar-refractivity contribution in [2.45, 2.75) is 13.5 Å². The number of benzene rings is 1. The van der Waals surface area contributed by atoms with E-state index in [1.54, 1.807) is 6.20 Å². The maximum absolute atomic E-state index is 11.9. The Kier molecular flexibility index (Phi) is 3.20. The molecular formula is C14H13N3O3. The van der Waals surface area contributed by atoms with E-state index >= 15 is 0 Å². The van der Waals surface area contributed by atoms with Crippen LogP contribution in [0.1, 0.15) is 21.7 Å². The quantitative estimate of drug-likeness (QED) is 0.914. The number of carbonyl (C=O) groups excluding carboxylic acids is 1. The first-order chi connectivity index (χ1) is 9.74. The van der Waals surface area contributed by atoms with Crippen LogP contribution in [0.5, 0.6) is 11.5 Å². The fraction of sp³-hybridized carbons (Fsp3) is 0.214. The van der Waals surface area contributed by atoms with Crippen LogP contribution in [0.2, 0.25) is 0 Å². The molecule has 0 spiro atoms. The van der Waals surface area contributed by atoms with Crippen molar-refractivity contribution in [3.05, 3.63) is 47.5 Å². The molecule has 0 unspecified atom stereocenters. The highest BCUT2D eigenvalue weighted by molar-refractivity contribution is 5.91. The molecule has 2 heterocycles. The maximum atomic E-state index is 11.9. The molecule has 6 heteroatoms. The first-order valence-corrected chi connectivity index (χ1v) is 6.18. The van der Waals surface area contributed by atoms with Gasteiger partial charge in [-0.2, -0.15) is 0 Å². The minimum atomic E-state index is -0.269. The van der Waals surface area contributed by atoms with Gasteiger partial charge >= 0.3 is 0 Å². The number of fused-ring (bicyclic) bond motifs is 1. The van der Waals surface area contributed by atoms with Gasteiger partial charge in [-0.05, 0) is 13.0 Å². The fourth-order valence-electron chi connectivity index (χ4n) is 1.91. The Hall–Kier alpha value is -2.63. The summed E-state index contributed by atoms with van der Waals surface area (Å²) in [5.41, 5.74) is 1.93. The van der Waals surface area contributed by atoms with Gasteiger partial charge in [0.05, 0.1) is 11.9 Å². The zero-order chi connectivity index (χ0) is 13.9. The Labute approximate surface area is 115 Å². The van der Waals surface area contributed by atoms with Crippen LogP contribution in [0.25, 0.3) is 0 Å². The van der Waals surface area contributed by atoms with Crippen LogP contribution >= 0.6 is 0 Å². The van der Waals surface area contributed by atoms with Crippen molar-refractivity contribution in [2.75, 3.05) is 6.79 Å². The van der Waals surface area contributed by atoms with E-state index in [0.29, 0.717) is 23.7 Å². The summed E-state index contributed by atoms with van der Waals surface area (Å²) in [6.45, 7) is 2.38. The van der Waals surface area contributed by atoms with E-state index < -0.39 is 0 Å². The van der Waals surface area contributed by atoms with Crippen LogP contribution < -0.4 is 14.8 Å². The predicted octanol–water partition coefficient (Wildman–Crippen LogP) is 1.44. The summed E-state index contributed by atoms with van der Waals surface area (Å²) in [5.74, 6) is 1.11. The summed E-state index contributed by atoms with van der Waals surface area (Å²) >= 11 is 0. The summed E-state index contributed by atoms with van der Waals surface area (Å²) in [6, 6.07) is 5.58. The maximum Gasteiger partial charge on any atom is 0.271 e. The van der Waals surface area contributed by atoms with Gasteiger partial charge in [-0.25, -0.2) is 4.98 Å². The van der Waals surface area contributed by atoms with Crippen molar-refractivity contribution in [1.29, 1.82) is 0 Å². The van der Waals surface area contributed by atoms with Crippen molar-refractivity contribution >= 4 is 5.91 Å². The summed E-state index contributed by atoms with van der Waals surface area (Å²) in [7, 11) is 0. The van der Waals surface area contributed by atoms with Gasteiger partial charge in [0, 0.05) is 18.3 Å². The van der Waals surface area contributed by atoms with Crippen molar-refractivity contribution in [3.8, 4) is 11.5 Å². The lowest BCUT2D eigenvalue weighted by atomic mass is 10.2. The molecule has 0 bridgehead atoms. The number of hydrogen-bond acceptors (Lipinski definition) is 5. The van der Waals surface area contributed by atoms with Crippen molar-refractivity contribution in [1.82, 2.24) is 15.3 Å². The smallest absolute Gasteiger partial charge is 0.271 e. The van der Waals surface area contributed by atoms with Crippen LogP contribution in [0.15, 0.2) is 30.6 Å². The van der Waals surface area contributed by atoms with E-state index in [-0.39, 0.29) is 12.7 Å². The normalized spacial score (nSPS) is 12.2. The Morgan fingerprint density at radius 2 is 2.20 bits per heavy atom. The average molecular weight is 271 g/mol. The molecule has 20 heavy (non-hydrogen) atoms. The predicted molar refractivity (Wildman–Crippen MR) is 70.5 cm³/mol. The molecule has 1 aliphatic rings.